The number of halogens is 2. The van der Waals surface area contributed by atoms with E-state index in [2.05, 4.69) is 0 Å². The van der Waals surface area contributed by atoms with Crippen LogP contribution in [-0.4, -0.2) is 11.1 Å². The molecule has 0 heterocycles. The van der Waals surface area contributed by atoms with E-state index >= 15 is 0 Å². The lowest BCUT2D eigenvalue weighted by atomic mass is 10.1. The molecular weight excluding hydrogens is 316 g/mol. The average molecular weight is 322 g/mol. The largest absolute Gasteiger partial charge is 0.481 e. The van der Waals surface area contributed by atoms with Gasteiger partial charge in [0.15, 0.2) is 0 Å². The minimum atomic E-state index is -0.938. The maximum Gasteiger partial charge on any atom is 0.307 e. The highest BCUT2D eigenvalue weighted by Gasteiger charge is 2.11. The fourth-order valence-corrected chi connectivity index (χ4v) is 1.85. The Morgan fingerprint density at radius 3 is 2.79 bits per heavy atom. The van der Waals surface area contributed by atoms with Crippen LogP contribution < -0.4 is 0 Å². The molecule has 0 bridgehead atoms. The Kier molecular flexibility index (Phi) is 3.72. The van der Waals surface area contributed by atoms with Crippen LogP contribution in [0.4, 0.5) is 0 Å². The smallest absolute Gasteiger partial charge is 0.307 e. The Labute approximate surface area is 99.4 Å². The molecule has 1 N–H and O–H groups in total. The summed E-state index contributed by atoms with van der Waals surface area (Å²) in [6.45, 7) is 0. The van der Waals surface area contributed by atoms with Crippen LogP contribution in [0.1, 0.15) is 11.1 Å². The molecule has 0 spiro atoms. The predicted molar refractivity (Wildman–Crippen MR) is 60.2 cm³/mol. The van der Waals surface area contributed by atoms with E-state index in [-0.39, 0.29) is 6.42 Å². The van der Waals surface area contributed by atoms with Crippen LogP contribution in [0.2, 0.25) is 5.02 Å². The van der Waals surface area contributed by atoms with Crippen LogP contribution in [0.15, 0.2) is 12.1 Å². The van der Waals surface area contributed by atoms with Gasteiger partial charge in [-0.1, -0.05) is 17.7 Å². The number of carboxylic acid groups (broad SMARTS) is 1. The van der Waals surface area contributed by atoms with Gasteiger partial charge in [-0.3, -0.25) is 4.79 Å². The maximum absolute atomic E-state index is 10.5. The van der Waals surface area contributed by atoms with Crippen molar-refractivity contribution in [2.24, 2.45) is 0 Å². The molecule has 72 valence electrons. The first-order chi connectivity index (χ1) is 6.56. The Balaban J connectivity index is 3.18. The summed E-state index contributed by atoms with van der Waals surface area (Å²) < 4.78 is 0.602. The van der Waals surface area contributed by atoms with E-state index in [1.807, 2.05) is 28.7 Å². The molecule has 0 aromatic heterocycles. The molecule has 0 aliphatic rings. The van der Waals surface area contributed by atoms with Crippen molar-refractivity contribution in [2.75, 3.05) is 0 Å². The van der Waals surface area contributed by atoms with Gasteiger partial charge in [0, 0.05) is 3.57 Å². The van der Waals surface area contributed by atoms with Gasteiger partial charge >= 0.3 is 5.97 Å². The number of nitrogens with zero attached hydrogens (tertiary/aromatic N) is 1. The molecule has 0 atom stereocenters. The third-order valence-corrected chi connectivity index (χ3v) is 3.50. The summed E-state index contributed by atoms with van der Waals surface area (Å²) in [4.78, 5) is 10.5. The quantitative estimate of drug-likeness (QED) is 0.851. The van der Waals surface area contributed by atoms with Gasteiger partial charge < -0.3 is 5.11 Å². The van der Waals surface area contributed by atoms with Gasteiger partial charge in [0.2, 0.25) is 0 Å². The van der Waals surface area contributed by atoms with Crippen LogP contribution in [0, 0.1) is 14.9 Å². The second-order valence-corrected chi connectivity index (χ2v) is 4.04. The van der Waals surface area contributed by atoms with Crippen molar-refractivity contribution in [1.82, 2.24) is 0 Å². The molecule has 1 aromatic carbocycles. The molecule has 0 saturated carbocycles. The van der Waals surface area contributed by atoms with Crippen molar-refractivity contribution in [2.45, 2.75) is 6.42 Å². The van der Waals surface area contributed by atoms with Crippen molar-refractivity contribution in [3.8, 4) is 6.07 Å². The lowest BCUT2D eigenvalue weighted by molar-refractivity contribution is -0.136. The fraction of sp³-hybridized carbons (Fsp3) is 0.111. The first-order valence-corrected chi connectivity index (χ1v) is 5.10. The van der Waals surface area contributed by atoms with Gasteiger partial charge in [0.25, 0.3) is 0 Å². The first kappa shape index (κ1) is 11.3. The van der Waals surface area contributed by atoms with Crippen molar-refractivity contribution in [1.29, 1.82) is 5.26 Å². The second kappa shape index (κ2) is 4.62. The Hall–Kier alpha value is -0.800. The minimum absolute atomic E-state index is 0.124. The highest BCUT2D eigenvalue weighted by molar-refractivity contribution is 14.1. The summed E-state index contributed by atoms with van der Waals surface area (Å²) in [5.41, 5.74) is 0.993. The number of hydrogen-bond acceptors (Lipinski definition) is 2. The molecule has 0 unspecified atom stereocenters. The number of aliphatic carboxylic acids is 1. The molecule has 0 aliphatic heterocycles. The second-order valence-electron chi connectivity index (χ2n) is 2.58. The van der Waals surface area contributed by atoms with Crippen LogP contribution in [0.3, 0.4) is 0 Å². The van der Waals surface area contributed by atoms with Crippen molar-refractivity contribution in [3.63, 3.8) is 0 Å². The van der Waals surface area contributed by atoms with E-state index in [0.29, 0.717) is 19.7 Å². The molecule has 0 saturated heterocycles. The van der Waals surface area contributed by atoms with Crippen LogP contribution >= 0.6 is 34.2 Å². The van der Waals surface area contributed by atoms with E-state index in [1.54, 1.807) is 12.1 Å². The lowest BCUT2D eigenvalue weighted by Gasteiger charge is -2.04. The topological polar surface area (TPSA) is 61.1 Å². The molecule has 0 aliphatic carbocycles. The molecule has 1 rings (SSSR count). The zero-order valence-corrected chi connectivity index (χ0v) is 9.83. The van der Waals surface area contributed by atoms with Crippen molar-refractivity contribution in [3.05, 3.63) is 31.9 Å². The average Bonchev–Trinajstić information content (AvgIpc) is 2.13. The minimum Gasteiger partial charge on any atom is -0.481 e. The molecule has 3 nitrogen and oxygen atoms in total. The van der Waals surface area contributed by atoms with E-state index in [9.17, 15) is 4.79 Å². The highest BCUT2D eigenvalue weighted by atomic mass is 127. The van der Waals surface area contributed by atoms with Crippen LogP contribution in [0.25, 0.3) is 0 Å². The van der Waals surface area contributed by atoms with E-state index in [4.69, 9.17) is 22.0 Å². The van der Waals surface area contributed by atoms with Gasteiger partial charge in [-0.25, -0.2) is 0 Å². The molecular formula is C9H5ClINO2. The van der Waals surface area contributed by atoms with Crippen LogP contribution in [-0.2, 0) is 11.2 Å². The van der Waals surface area contributed by atoms with Gasteiger partial charge in [-0.2, -0.15) is 5.26 Å². The van der Waals surface area contributed by atoms with Gasteiger partial charge in [-0.15, -0.1) is 0 Å². The van der Waals surface area contributed by atoms with E-state index in [1.165, 1.54) is 0 Å². The van der Waals surface area contributed by atoms with Gasteiger partial charge in [0.05, 0.1) is 17.0 Å². The van der Waals surface area contributed by atoms with E-state index in [0.717, 1.165) is 0 Å². The number of hydrogen-bond donors (Lipinski definition) is 1. The number of carboxylic acids is 1. The molecule has 1 aromatic rings. The zero-order valence-electron chi connectivity index (χ0n) is 6.92. The summed E-state index contributed by atoms with van der Waals surface area (Å²) in [5.74, 6) is -0.938. The van der Waals surface area contributed by atoms with Crippen LogP contribution in [0.5, 0.6) is 0 Å². The summed E-state index contributed by atoms with van der Waals surface area (Å²) in [7, 11) is 0. The van der Waals surface area contributed by atoms with Gasteiger partial charge in [-0.05, 0) is 34.2 Å². The lowest BCUT2D eigenvalue weighted by Crippen LogP contribution is -2.02. The number of carbonyl (C=O) groups is 1. The zero-order chi connectivity index (χ0) is 10.7. The first-order valence-electron chi connectivity index (χ1n) is 3.65. The highest BCUT2D eigenvalue weighted by Crippen LogP contribution is 2.26. The predicted octanol–water partition coefficient (Wildman–Crippen LogP) is 2.44. The van der Waals surface area contributed by atoms with Crippen molar-refractivity contribution >= 4 is 40.2 Å². The van der Waals surface area contributed by atoms with E-state index < -0.39 is 5.97 Å². The van der Waals surface area contributed by atoms with Gasteiger partial charge in [0.1, 0.15) is 6.07 Å². The number of rotatable bonds is 2. The number of nitriles is 1. The molecule has 14 heavy (non-hydrogen) atoms. The number of benzene rings is 1. The molecule has 5 heteroatoms. The Morgan fingerprint density at radius 2 is 2.29 bits per heavy atom. The normalized spacial score (nSPS) is 9.50. The molecule has 0 radical (unpaired) electrons. The third-order valence-electron chi connectivity index (χ3n) is 1.62. The summed E-state index contributed by atoms with van der Waals surface area (Å²) in [5, 5.41) is 17.6. The molecule has 0 amide bonds. The fourth-order valence-electron chi connectivity index (χ4n) is 0.975. The standard InChI is InChI=1S/C9H5ClINO2/c10-8-5(3-7(13)14)1-2-6(4-12)9(8)11/h1-2H,3H2,(H,13,14). The Morgan fingerprint density at radius 1 is 1.64 bits per heavy atom. The molecule has 0 fully saturated rings. The Bertz CT molecular complexity index is 426. The SMILES string of the molecule is N#Cc1ccc(CC(=O)O)c(Cl)c1I. The monoisotopic (exact) mass is 321 g/mol. The third kappa shape index (κ3) is 2.36. The summed E-state index contributed by atoms with van der Waals surface area (Å²) in [6, 6.07) is 5.12. The summed E-state index contributed by atoms with van der Waals surface area (Å²) in [6.07, 6.45) is -0.124. The summed E-state index contributed by atoms with van der Waals surface area (Å²) >= 11 is 7.83. The maximum atomic E-state index is 10.5. The van der Waals surface area contributed by atoms with Crippen molar-refractivity contribution < 1.29 is 9.90 Å².